The van der Waals surface area contributed by atoms with Crippen LogP contribution < -0.4 is 5.32 Å². The number of rotatable bonds is 3. The van der Waals surface area contributed by atoms with Gasteiger partial charge < -0.3 is 10.1 Å². The Balaban J connectivity index is 1.53. The maximum Gasteiger partial charge on any atom is 0.433 e. The highest BCUT2D eigenvalue weighted by molar-refractivity contribution is 6.00. The van der Waals surface area contributed by atoms with Crippen molar-refractivity contribution in [3.63, 3.8) is 0 Å². The summed E-state index contributed by atoms with van der Waals surface area (Å²) < 4.78 is 45.1. The van der Waals surface area contributed by atoms with Crippen molar-refractivity contribution in [1.82, 2.24) is 20.2 Å². The lowest BCUT2D eigenvalue weighted by Crippen LogP contribution is -2.34. The molecule has 5 heterocycles. The molecule has 0 amide bonds. The van der Waals surface area contributed by atoms with Crippen LogP contribution in [0.5, 0.6) is 0 Å². The van der Waals surface area contributed by atoms with Crippen LogP contribution in [0.1, 0.15) is 31.4 Å². The fourth-order valence-corrected chi connectivity index (χ4v) is 4.19. The van der Waals surface area contributed by atoms with E-state index in [1.165, 1.54) is 6.07 Å². The lowest BCUT2D eigenvalue weighted by atomic mass is 10.0. The molecule has 2 fully saturated rings. The topological polar surface area (TPSA) is 75.7 Å². The first-order valence-corrected chi connectivity index (χ1v) is 9.26. The van der Waals surface area contributed by atoms with Crippen molar-refractivity contribution >= 4 is 16.7 Å². The van der Waals surface area contributed by atoms with Crippen molar-refractivity contribution in [1.29, 1.82) is 0 Å². The second-order valence-electron chi connectivity index (χ2n) is 7.35. The van der Waals surface area contributed by atoms with Crippen LogP contribution in [0.4, 0.5) is 19.0 Å². The predicted octanol–water partition coefficient (Wildman–Crippen LogP) is 4.16. The van der Waals surface area contributed by atoms with E-state index in [1.54, 1.807) is 12.3 Å². The van der Waals surface area contributed by atoms with E-state index in [0.717, 1.165) is 37.9 Å². The van der Waals surface area contributed by atoms with Crippen molar-refractivity contribution in [2.45, 2.75) is 50.1 Å². The number of fused-ring (bicyclic) bond motifs is 3. The van der Waals surface area contributed by atoms with Gasteiger partial charge in [0, 0.05) is 24.0 Å². The summed E-state index contributed by atoms with van der Waals surface area (Å²) >= 11 is 0. The maximum atomic E-state index is 13.1. The summed E-state index contributed by atoms with van der Waals surface area (Å²) in [6.07, 6.45) is 2.80. The Morgan fingerprint density at radius 1 is 1.07 bits per heavy atom. The van der Waals surface area contributed by atoms with E-state index in [1.807, 2.05) is 0 Å². The van der Waals surface area contributed by atoms with Gasteiger partial charge in [-0.3, -0.25) is 10.1 Å². The normalized spacial score (nSPS) is 24.6. The van der Waals surface area contributed by atoms with Crippen LogP contribution in [0, 0.1) is 0 Å². The number of nitrogens with zero attached hydrogens (tertiary/aromatic N) is 3. The van der Waals surface area contributed by atoms with Crippen LogP contribution >= 0.6 is 0 Å². The van der Waals surface area contributed by atoms with Gasteiger partial charge in [-0.15, -0.1) is 0 Å². The Bertz CT molecular complexity index is 1010. The van der Waals surface area contributed by atoms with Crippen LogP contribution in [-0.4, -0.2) is 38.4 Å². The number of aromatic amines is 1. The second kappa shape index (κ2) is 6.44. The lowest BCUT2D eigenvalue weighted by Gasteiger charge is -2.29. The number of anilines is 1. The first-order chi connectivity index (χ1) is 13.5. The van der Waals surface area contributed by atoms with Gasteiger partial charge in [0.05, 0.1) is 23.1 Å². The summed E-state index contributed by atoms with van der Waals surface area (Å²) in [5, 5.41) is 11.3. The maximum absolute atomic E-state index is 13.1. The molecule has 2 aliphatic rings. The zero-order valence-electron chi connectivity index (χ0n) is 14.8. The molecule has 3 aromatic rings. The Morgan fingerprint density at radius 3 is 2.57 bits per heavy atom. The number of hydrogen-bond acceptors (Lipinski definition) is 5. The molecular weight excluding hydrogens is 371 g/mol. The minimum atomic E-state index is -4.51. The van der Waals surface area contributed by atoms with Crippen molar-refractivity contribution in [2.24, 2.45) is 0 Å². The molecule has 28 heavy (non-hydrogen) atoms. The Morgan fingerprint density at radius 2 is 1.82 bits per heavy atom. The number of pyridine rings is 2. The Hall–Kier alpha value is -2.68. The van der Waals surface area contributed by atoms with Gasteiger partial charge in [0.1, 0.15) is 17.2 Å². The Labute approximate surface area is 158 Å². The molecule has 2 N–H and O–H groups in total. The van der Waals surface area contributed by atoms with E-state index in [9.17, 15) is 13.2 Å². The molecule has 3 aromatic heterocycles. The zero-order valence-corrected chi connectivity index (χ0v) is 14.8. The zero-order chi connectivity index (χ0) is 19.3. The van der Waals surface area contributed by atoms with Crippen LogP contribution in [0.15, 0.2) is 30.6 Å². The quantitative estimate of drug-likeness (QED) is 0.704. The van der Waals surface area contributed by atoms with Gasteiger partial charge in [-0.2, -0.15) is 18.3 Å². The van der Waals surface area contributed by atoms with Crippen molar-refractivity contribution < 1.29 is 17.9 Å². The molecule has 0 aliphatic carbocycles. The fourth-order valence-electron chi connectivity index (χ4n) is 4.19. The molecule has 2 saturated heterocycles. The molecule has 2 atom stereocenters. The van der Waals surface area contributed by atoms with Gasteiger partial charge in [0.15, 0.2) is 0 Å². The molecule has 9 heteroatoms. The van der Waals surface area contributed by atoms with Gasteiger partial charge in [0.25, 0.3) is 0 Å². The van der Waals surface area contributed by atoms with Gasteiger partial charge in [0.2, 0.25) is 0 Å². The summed E-state index contributed by atoms with van der Waals surface area (Å²) in [5.74, 6) is 0.623. The number of nitrogens with one attached hydrogen (secondary N) is 2. The minimum absolute atomic E-state index is 0.218. The van der Waals surface area contributed by atoms with Crippen LogP contribution in [0.3, 0.4) is 0 Å². The highest BCUT2D eigenvalue weighted by Crippen LogP contribution is 2.37. The molecule has 0 spiro atoms. The molecular formula is C19H18F3N5O. The van der Waals surface area contributed by atoms with Crippen LogP contribution in [0.25, 0.3) is 22.2 Å². The SMILES string of the molecule is FC(F)(F)c1cc(-c2n[nH]c3ccnc(NC4CC5CCC(C4)O5)c23)ccn1. The molecule has 6 nitrogen and oxygen atoms in total. The van der Waals surface area contributed by atoms with Crippen molar-refractivity contribution in [3.8, 4) is 11.3 Å². The fraction of sp³-hybridized carbons (Fsp3) is 0.421. The summed E-state index contributed by atoms with van der Waals surface area (Å²) in [5.41, 5.74) is 0.540. The molecule has 0 radical (unpaired) electrons. The smallest absolute Gasteiger partial charge is 0.375 e. The van der Waals surface area contributed by atoms with E-state index in [-0.39, 0.29) is 18.2 Å². The third kappa shape index (κ3) is 3.09. The third-order valence-electron chi connectivity index (χ3n) is 5.43. The minimum Gasteiger partial charge on any atom is -0.375 e. The monoisotopic (exact) mass is 389 g/mol. The van der Waals surface area contributed by atoms with E-state index in [4.69, 9.17) is 4.74 Å². The number of H-pyrrole nitrogens is 1. The molecule has 146 valence electrons. The molecule has 0 saturated carbocycles. The highest BCUT2D eigenvalue weighted by atomic mass is 19.4. The number of halogens is 3. The standard InChI is InChI=1S/C19H18F3N5O/c20-19(21,22)15-7-10(3-5-23-15)17-16-14(26-27-17)4-6-24-18(16)25-11-8-12-1-2-13(9-11)28-12/h3-7,11-13H,1-2,8-9H2,(H,24,25)(H,26,27). The summed E-state index contributed by atoms with van der Waals surface area (Å²) in [6.45, 7) is 0. The first kappa shape index (κ1) is 17.4. The Kier molecular flexibility index (Phi) is 4.01. The predicted molar refractivity (Wildman–Crippen MR) is 96.7 cm³/mol. The van der Waals surface area contributed by atoms with Crippen LogP contribution in [0.2, 0.25) is 0 Å². The second-order valence-corrected chi connectivity index (χ2v) is 7.35. The summed E-state index contributed by atoms with van der Waals surface area (Å²) in [6, 6.07) is 4.52. The average molecular weight is 389 g/mol. The van der Waals surface area contributed by atoms with Gasteiger partial charge >= 0.3 is 6.18 Å². The number of aromatic nitrogens is 4. The summed E-state index contributed by atoms with van der Waals surface area (Å²) in [4.78, 5) is 7.88. The largest absolute Gasteiger partial charge is 0.433 e. The third-order valence-corrected chi connectivity index (χ3v) is 5.43. The van der Waals surface area contributed by atoms with Crippen LogP contribution in [-0.2, 0) is 10.9 Å². The van der Waals surface area contributed by atoms with Crippen molar-refractivity contribution in [2.75, 3.05) is 5.32 Å². The number of ether oxygens (including phenoxy) is 1. The van der Waals surface area contributed by atoms with Gasteiger partial charge in [-0.05, 0) is 43.9 Å². The number of hydrogen-bond donors (Lipinski definition) is 2. The first-order valence-electron chi connectivity index (χ1n) is 9.26. The van der Waals surface area contributed by atoms with Gasteiger partial charge in [-0.25, -0.2) is 4.98 Å². The lowest BCUT2D eigenvalue weighted by molar-refractivity contribution is -0.141. The number of alkyl halides is 3. The van der Waals surface area contributed by atoms with Gasteiger partial charge in [-0.1, -0.05) is 0 Å². The molecule has 5 rings (SSSR count). The molecule has 0 aromatic carbocycles. The molecule has 2 aliphatic heterocycles. The summed E-state index contributed by atoms with van der Waals surface area (Å²) in [7, 11) is 0. The highest BCUT2D eigenvalue weighted by Gasteiger charge is 2.35. The van der Waals surface area contributed by atoms with E-state index >= 15 is 0 Å². The average Bonchev–Trinajstić information content (AvgIpc) is 3.25. The van der Waals surface area contributed by atoms with Crippen molar-refractivity contribution in [3.05, 3.63) is 36.3 Å². The van der Waals surface area contributed by atoms with E-state index in [0.29, 0.717) is 28.0 Å². The molecule has 2 unspecified atom stereocenters. The molecule has 2 bridgehead atoms. The van der Waals surface area contributed by atoms with E-state index < -0.39 is 11.9 Å². The van der Waals surface area contributed by atoms with E-state index in [2.05, 4.69) is 25.5 Å².